The standard InChI is InChI=1S/C17H27N3O/c1-20(16-9-10-16)17(18)19-12-5-6-13-21-14-11-15-7-3-2-4-8-15/h2-4,7-8,16H,5-6,9-14H2,1H3,(H2,18,19). The molecule has 0 saturated heterocycles. The fourth-order valence-corrected chi connectivity index (χ4v) is 2.21. The molecule has 116 valence electrons. The highest BCUT2D eigenvalue weighted by Crippen LogP contribution is 2.24. The number of nitrogens with zero attached hydrogens (tertiary/aromatic N) is 2. The molecule has 21 heavy (non-hydrogen) atoms. The fourth-order valence-electron chi connectivity index (χ4n) is 2.21. The third kappa shape index (κ3) is 6.17. The van der Waals surface area contributed by atoms with Crippen LogP contribution in [0.5, 0.6) is 0 Å². The van der Waals surface area contributed by atoms with Crippen molar-refractivity contribution in [2.45, 2.75) is 38.1 Å². The second-order valence-corrected chi connectivity index (χ2v) is 5.64. The van der Waals surface area contributed by atoms with Crippen LogP contribution < -0.4 is 5.73 Å². The van der Waals surface area contributed by atoms with Gasteiger partial charge in [0.1, 0.15) is 0 Å². The van der Waals surface area contributed by atoms with Crippen molar-refractivity contribution in [2.24, 2.45) is 10.7 Å². The first-order valence-corrected chi connectivity index (χ1v) is 7.92. The van der Waals surface area contributed by atoms with E-state index in [1.54, 1.807) is 0 Å². The van der Waals surface area contributed by atoms with E-state index in [1.807, 2.05) is 13.1 Å². The van der Waals surface area contributed by atoms with Gasteiger partial charge in [0.25, 0.3) is 0 Å². The van der Waals surface area contributed by atoms with Crippen LogP contribution in [0.15, 0.2) is 35.3 Å². The predicted octanol–water partition coefficient (Wildman–Crippen LogP) is 2.43. The average molecular weight is 289 g/mol. The minimum Gasteiger partial charge on any atom is -0.381 e. The second kappa shape index (κ2) is 8.67. The van der Waals surface area contributed by atoms with E-state index in [4.69, 9.17) is 10.5 Å². The Kier molecular flexibility index (Phi) is 6.54. The van der Waals surface area contributed by atoms with Crippen molar-refractivity contribution in [3.63, 3.8) is 0 Å². The number of benzene rings is 1. The summed E-state index contributed by atoms with van der Waals surface area (Å²) in [5.41, 5.74) is 7.26. The van der Waals surface area contributed by atoms with Crippen LogP contribution in [0.4, 0.5) is 0 Å². The largest absolute Gasteiger partial charge is 0.381 e. The van der Waals surface area contributed by atoms with Gasteiger partial charge in [-0.3, -0.25) is 4.99 Å². The van der Waals surface area contributed by atoms with E-state index >= 15 is 0 Å². The van der Waals surface area contributed by atoms with E-state index in [0.29, 0.717) is 12.0 Å². The molecular weight excluding hydrogens is 262 g/mol. The number of guanidine groups is 1. The van der Waals surface area contributed by atoms with Crippen molar-refractivity contribution in [3.8, 4) is 0 Å². The molecule has 2 N–H and O–H groups in total. The predicted molar refractivity (Wildman–Crippen MR) is 87.5 cm³/mol. The van der Waals surface area contributed by atoms with Gasteiger partial charge in [-0.2, -0.15) is 0 Å². The molecule has 2 rings (SSSR count). The Morgan fingerprint density at radius 2 is 2.00 bits per heavy atom. The summed E-state index contributed by atoms with van der Waals surface area (Å²) < 4.78 is 5.65. The zero-order valence-corrected chi connectivity index (χ0v) is 13.0. The number of ether oxygens (including phenoxy) is 1. The molecule has 1 saturated carbocycles. The zero-order valence-electron chi connectivity index (χ0n) is 13.0. The molecule has 0 amide bonds. The smallest absolute Gasteiger partial charge is 0.191 e. The maximum absolute atomic E-state index is 5.93. The first kappa shape index (κ1) is 15.8. The molecular formula is C17H27N3O. The van der Waals surface area contributed by atoms with Crippen LogP contribution in [0.3, 0.4) is 0 Å². The summed E-state index contributed by atoms with van der Waals surface area (Å²) in [4.78, 5) is 6.51. The van der Waals surface area contributed by atoms with E-state index in [1.165, 1.54) is 18.4 Å². The number of hydrogen-bond acceptors (Lipinski definition) is 2. The molecule has 1 aromatic rings. The van der Waals surface area contributed by atoms with Crippen LogP contribution in [0.2, 0.25) is 0 Å². The lowest BCUT2D eigenvalue weighted by atomic mass is 10.2. The highest BCUT2D eigenvalue weighted by molar-refractivity contribution is 5.78. The van der Waals surface area contributed by atoms with E-state index in [-0.39, 0.29) is 0 Å². The van der Waals surface area contributed by atoms with Gasteiger partial charge in [-0.25, -0.2) is 0 Å². The molecule has 0 unspecified atom stereocenters. The molecule has 0 aliphatic heterocycles. The van der Waals surface area contributed by atoms with Crippen molar-refractivity contribution < 1.29 is 4.74 Å². The Bertz CT molecular complexity index is 429. The third-order valence-electron chi connectivity index (χ3n) is 3.80. The van der Waals surface area contributed by atoms with Crippen LogP contribution in [-0.2, 0) is 11.2 Å². The average Bonchev–Trinajstić information content (AvgIpc) is 3.34. The molecule has 0 heterocycles. The third-order valence-corrected chi connectivity index (χ3v) is 3.80. The lowest BCUT2D eigenvalue weighted by molar-refractivity contribution is 0.134. The molecule has 0 bridgehead atoms. The van der Waals surface area contributed by atoms with E-state index in [9.17, 15) is 0 Å². The second-order valence-electron chi connectivity index (χ2n) is 5.64. The Balaban J connectivity index is 1.45. The van der Waals surface area contributed by atoms with Crippen LogP contribution >= 0.6 is 0 Å². The van der Waals surface area contributed by atoms with Gasteiger partial charge in [0, 0.05) is 26.2 Å². The number of unbranched alkanes of at least 4 members (excludes halogenated alkanes) is 1. The van der Waals surface area contributed by atoms with Crippen molar-refractivity contribution in [3.05, 3.63) is 35.9 Å². The SMILES string of the molecule is CN(C(N)=NCCCCOCCc1ccccc1)C1CC1. The summed E-state index contributed by atoms with van der Waals surface area (Å²) >= 11 is 0. The molecule has 1 aliphatic rings. The monoisotopic (exact) mass is 289 g/mol. The summed E-state index contributed by atoms with van der Waals surface area (Å²) in [6, 6.07) is 11.1. The first-order valence-electron chi connectivity index (χ1n) is 7.92. The van der Waals surface area contributed by atoms with Crippen molar-refractivity contribution >= 4 is 5.96 Å². The van der Waals surface area contributed by atoms with Gasteiger partial charge in [0.15, 0.2) is 5.96 Å². The number of hydrogen-bond donors (Lipinski definition) is 1. The topological polar surface area (TPSA) is 50.8 Å². The Labute approximate surface area is 128 Å². The van der Waals surface area contributed by atoms with Gasteiger partial charge in [0.05, 0.1) is 6.61 Å². The Morgan fingerprint density at radius 3 is 2.71 bits per heavy atom. The number of nitrogens with two attached hydrogens (primary N) is 1. The lowest BCUT2D eigenvalue weighted by Gasteiger charge is -2.16. The van der Waals surface area contributed by atoms with Gasteiger partial charge in [-0.15, -0.1) is 0 Å². The molecule has 1 aliphatic carbocycles. The van der Waals surface area contributed by atoms with Crippen molar-refractivity contribution in [1.82, 2.24) is 4.90 Å². The molecule has 0 atom stereocenters. The summed E-state index contributed by atoms with van der Waals surface area (Å²) in [6.45, 7) is 2.39. The Hall–Kier alpha value is -1.55. The molecule has 1 fully saturated rings. The van der Waals surface area contributed by atoms with Crippen molar-refractivity contribution in [1.29, 1.82) is 0 Å². The molecule has 0 aromatic heterocycles. The van der Waals surface area contributed by atoms with Gasteiger partial charge < -0.3 is 15.4 Å². The highest BCUT2D eigenvalue weighted by atomic mass is 16.5. The molecule has 0 radical (unpaired) electrons. The Morgan fingerprint density at radius 1 is 1.24 bits per heavy atom. The summed E-state index contributed by atoms with van der Waals surface area (Å²) in [5, 5.41) is 0. The minimum atomic E-state index is 0.634. The van der Waals surface area contributed by atoms with Gasteiger partial charge in [0.2, 0.25) is 0 Å². The highest BCUT2D eigenvalue weighted by Gasteiger charge is 2.27. The quantitative estimate of drug-likeness (QED) is 0.431. The van der Waals surface area contributed by atoms with Crippen LogP contribution in [0.1, 0.15) is 31.2 Å². The summed E-state index contributed by atoms with van der Waals surface area (Å²) in [7, 11) is 2.03. The molecule has 4 heteroatoms. The summed E-state index contributed by atoms with van der Waals surface area (Å²) in [6.07, 6.45) is 5.56. The van der Waals surface area contributed by atoms with Crippen molar-refractivity contribution in [2.75, 3.05) is 26.8 Å². The molecule has 0 spiro atoms. The van der Waals surface area contributed by atoms with E-state index in [2.05, 4.69) is 34.2 Å². The minimum absolute atomic E-state index is 0.634. The normalized spacial score (nSPS) is 15.2. The molecule has 1 aromatic carbocycles. The lowest BCUT2D eigenvalue weighted by Crippen LogP contribution is -2.35. The zero-order chi connectivity index (χ0) is 14.9. The van der Waals surface area contributed by atoms with E-state index < -0.39 is 0 Å². The van der Waals surface area contributed by atoms with Gasteiger partial charge in [-0.1, -0.05) is 30.3 Å². The van der Waals surface area contributed by atoms with Gasteiger partial charge in [-0.05, 0) is 37.7 Å². The van der Waals surface area contributed by atoms with E-state index in [0.717, 1.165) is 39.0 Å². The van der Waals surface area contributed by atoms with Crippen LogP contribution in [0, 0.1) is 0 Å². The number of rotatable bonds is 9. The van der Waals surface area contributed by atoms with Crippen LogP contribution in [0.25, 0.3) is 0 Å². The summed E-state index contributed by atoms with van der Waals surface area (Å²) in [5.74, 6) is 0.683. The van der Waals surface area contributed by atoms with Crippen LogP contribution in [-0.4, -0.2) is 43.7 Å². The first-order chi connectivity index (χ1) is 10.3. The maximum atomic E-state index is 5.93. The fraction of sp³-hybridized carbons (Fsp3) is 0.588. The number of aliphatic imine (C=N–C) groups is 1. The van der Waals surface area contributed by atoms with Gasteiger partial charge >= 0.3 is 0 Å². The maximum Gasteiger partial charge on any atom is 0.191 e. The molecule has 4 nitrogen and oxygen atoms in total.